The lowest BCUT2D eigenvalue weighted by atomic mass is 10.3. The number of nitrogens with zero attached hydrogens (tertiary/aromatic N) is 1. The van der Waals surface area contributed by atoms with Gasteiger partial charge in [0.05, 0.1) is 13.7 Å². The molecule has 0 spiro atoms. The van der Waals surface area contributed by atoms with E-state index in [2.05, 4.69) is 10.1 Å². The quantitative estimate of drug-likeness (QED) is 0.394. The van der Waals surface area contributed by atoms with Gasteiger partial charge < -0.3 is 10.1 Å². The lowest BCUT2D eigenvalue weighted by Gasteiger charge is -2.09. The van der Waals surface area contributed by atoms with Crippen LogP contribution in [0.25, 0.3) is 0 Å². The summed E-state index contributed by atoms with van der Waals surface area (Å²) in [6.45, 7) is 1.67. The molecule has 15 heavy (non-hydrogen) atoms. The van der Waals surface area contributed by atoms with Gasteiger partial charge in [0.2, 0.25) is 5.91 Å². The van der Waals surface area contributed by atoms with Gasteiger partial charge in [0.1, 0.15) is 0 Å². The van der Waals surface area contributed by atoms with E-state index in [4.69, 9.17) is 0 Å². The Morgan fingerprint density at radius 3 is 2.73 bits per heavy atom. The van der Waals surface area contributed by atoms with Crippen LogP contribution in [-0.4, -0.2) is 43.0 Å². The number of methoxy groups -OCH3 is 1. The maximum atomic E-state index is 11.1. The van der Waals surface area contributed by atoms with Crippen molar-refractivity contribution in [3.8, 4) is 0 Å². The second-order valence-corrected chi connectivity index (χ2v) is 3.04. The van der Waals surface area contributed by atoms with E-state index in [0.717, 1.165) is 4.90 Å². The van der Waals surface area contributed by atoms with Crippen molar-refractivity contribution >= 4 is 17.9 Å². The molecule has 0 radical (unpaired) electrons. The summed E-state index contributed by atoms with van der Waals surface area (Å²) < 4.78 is 4.47. The number of hydrogen-bond acceptors (Lipinski definition) is 4. The normalized spacial score (nSPS) is 16.7. The number of rotatable bonds is 3. The van der Waals surface area contributed by atoms with Crippen LogP contribution in [0.5, 0.6) is 0 Å². The molecule has 0 unspecified atom stereocenters. The molecular formula is C9H12N2O4. The van der Waals surface area contributed by atoms with Crippen LogP contribution < -0.4 is 5.32 Å². The number of carbonyl (C=O) groups excluding carboxylic acids is 3. The first-order valence-corrected chi connectivity index (χ1v) is 4.39. The Morgan fingerprint density at radius 1 is 1.60 bits per heavy atom. The maximum Gasteiger partial charge on any atom is 0.333 e. The van der Waals surface area contributed by atoms with Gasteiger partial charge in [0, 0.05) is 12.1 Å². The minimum Gasteiger partial charge on any atom is -0.466 e. The van der Waals surface area contributed by atoms with Crippen LogP contribution in [0, 0.1) is 0 Å². The average molecular weight is 212 g/mol. The summed E-state index contributed by atoms with van der Waals surface area (Å²) in [7, 11) is 1.27. The number of nitrogens with one attached hydrogen (secondary N) is 1. The summed E-state index contributed by atoms with van der Waals surface area (Å²) in [5, 5.41) is 2.38. The molecule has 0 aromatic rings. The van der Waals surface area contributed by atoms with Crippen LogP contribution in [0.1, 0.15) is 6.92 Å². The molecule has 1 fully saturated rings. The molecule has 1 N–H and O–H groups in total. The summed E-state index contributed by atoms with van der Waals surface area (Å²) >= 11 is 0. The van der Waals surface area contributed by atoms with Crippen LogP contribution in [-0.2, 0) is 14.3 Å². The SMILES string of the molecule is COC(=O)C(C)=CCN1C(=O)CNC1=O. The van der Waals surface area contributed by atoms with E-state index < -0.39 is 12.0 Å². The largest absolute Gasteiger partial charge is 0.466 e. The van der Waals surface area contributed by atoms with Crippen molar-refractivity contribution in [2.45, 2.75) is 6.92 Å². The van der Waals surface area contributed by atoms with E-state index in [1.807, 2.05) is 0 Å². The summed E-state index contributed by atoms with van der Waals surface area (Å²) in [5.41, 5.74) is 0.366. The molecule has 82 valence electrons. The monoisotopic (exact) mass is 212 g/mol. The molecule has 6 nitrogen and oxygen atoms in total. The predicted octanol–water partition coefficient (Wildman–Crippen LogP) is -0.342. The topological polar surface area (TPSA) is 75.7 Å². The Morgan fingerprint density at radius 2 is 2.27 bits per heavy atom. The van der Waals surface area contributed by atoms with Gasteiger partial charge in [-0.2, -0.15) is 0 Å². The van der Waals surface area contributed by atoms with Crippen molar-refractivity contribution in [1.29, 1.82) is 0 Å². The zero-order chi connectivity index (χ0) is 11.4. The Hall–Kier alpha value is -1.85. The zero-order valence-electron chi connectivity index (χ0n) is 8.57. The van der Waals surface area contributed by atoms with Crippen LogP contribution >= 0.6 is 0 Å². The third kappa shape index (κ3) is 2.55. The summed E-state index contributed by atoms with van der Waals surface area (Å²) in [5.74, 6) is -0.768. The molecule has 0 atom stereocenters. The standard InChI is InChI=1S/C9H12N2O4/c1-6(8(13)15-2)3-4-11-7(12)5-10-9(11)14/h3H,4-5H2,1-2H3,(H,10,14). The van der Waals surface area contributed by atoms with Gasteiger partial charge in [-0.05, 0) is 6.92 Å². The van der Waals surface area contributed by atoms with Gasteiger partial charge in [-0.25, -0.2) is 9.59 Å². The fourth-order valence-corrected chi connectivity index (χ4v) is 1.11. The summed E-state index contributed by atoms with van der Waals surface area (Å²) in [4.78, 5) is 34.2. The molecule has 1 aliphatic heterocycles. The van der Waals surface area contributed by atoms with Crippen LogP contribution in [0.15, 0.2) is 11.6 Å². The van der Waals surface area contributed by atoms with Crippen LogP contribution in [0.3, 0.4) is 0 Å². The van der Waals surface area contributed by atoms with Gasteiger partial charge in [0.15, 0.2) is 0 Å². The van der Waals surface area contributed by atoms with E-state index >= 15 is 0 Å². The average Bonchev–Trinajstić information content (AvgIpc) is 2.54. The van der Waals surface area contributed by atoms with E-state index in [0.29, 0.717) is 5.57 Å². The fourth-order valence-electron chi connectivity index (χ4n) is 1.11. The molecule has 0 aliphatic carbocycles. The number of hydrogen-bond donors (Lipinski definition) is 1. The van der Waals surface area contributed by atoms with Crippen molar-refractivity contribution in [3.63, 3.8) is 0 Å². The zero-order valence-corrected chi connectivity index (χ0v) is 8.57. The summed E-state index contributed by atoms with van der Waals surface area (Å²) in [6.07, 6.45) is 1.48. The number of carbonyl (C=O) groups is 3. The van der Waals surface area contributed by atoms with Gasteiger partial charge in [0.25, 0.3) is 0 Å². The highest BCUT2D eigenvalue weighted by Gasteiger charge is 2.27. The Balaban J connectivity index is 2.59. The Bertz CT molecular complexity index is 319. The van der Waals surface area contributed by atoms with E-state index in [-0.39, 0.29) is 19.0 Å². The molecule has 0 aromatic carbocycles. The lowest BCUT2D eigenvalue weighted by Crippen LogP contribution is -2.31. The third-order valence-electron chi connectivity index (χ3n) is 2.02. The molecule has 1 aliphatic rings. The van der Waals surface area contributed by atoms with Crippen molar-refractivity contribution in [1.82, 2.24) is 10.2 Å². The highest BCUT2D eigenvalue weighted by molar-refractivity contribution is 6.02. The van der Waals surface area contributed by atoms with Crippen LogP contribution in [0.4, 0.5) is 4.79 Å². The predicted molar refractivity (Wildman–Crippen MR) is 50.9 cm³/mol. The van der Waals surface area contributed by atoms with Crippen molar-refractivity contribution < 1.29 is 19.1 Å². The number of imide groups is 1. The number of amides is 3. The number of esters is 1. The summed E-state index contributed by atoms with van der Waals surface area (Å²) in [6, 6.07) is -0.436. The van der Waals surface area contributed by atoms with E-state index in [1.165, 1.54) is 13.2 Å². The molecular weight excluding hydrogens is 200 g/mol. The Kier molecular flexibility index (Phi) is 3.43. The van der Waals surface area contributed by atoms with Gasteiger partial charge in [-0.3, -0.25) is 9.69 Å². The molecule has 0 bridgehead atoms. The first kappa shape index (κ1) is 11.2. The molecule has 1 saturated heterocycles. The minimum absolute atomic E-state index is 0.0178. The van der Waals surface area contributed by atoms with E-state index in [1.54, 1.807) is 6.92 Å². The molecule has 0 aromatic heterocycles. The molecule has 6 heteroatoms. The van der Waals surface area contributed by atoms with Crippen LogP contribution in [0.2, 0.25) is 0 Å². The minimum atomic E-state index is -0.470. The van der Waals surface area contributed by atoms with Crippen molar-refractivity contribution in [3.05, 3.63) is 11.6 Å². The second-order valence-electron chi connectivity index (χ2n) is 3.04. The maximum absolute atomic E-state index is 11.1. The fraction of sp³-hybridized carbons (Fsp3) is 0.444. The molecule has 3 amide bonds. The second kappa shape index (κ2) is 4.59. The van der Waals surface area contributed by atoms with E-state index in [9.17, 15) is 14.4 Å². The smallest absolute Gasteiger partial charge is 0.333 e. The molecule has 1 rings (SSSR count). The van der Waals surface area contributed by atoms with Crippen molar-refractivity contribution in [2.24, 2.45) is 0 Å². The lowest BCUT2D eigenvalue weighted by molar-refractivity contribution is -0.136. The van der Waals surface area contributed by atoms with Gasteiger partial charge in [-0.15, -0.1) is 0 Å². The number of ether oxygens (including phenoxy) is 1. The first-order chi connectivity index (χ1) is 7.06. The molecule has 1 heterocycles. The highest BCUT2D eigenvalue weighted by Crippen LogP contribution is 2.02. The Labute approximate surface area is 86.9 Å². The third-order valence-corrected chi connectivity index (χ3v) is 2.02. The highest BCUT2D eigenvalue weighted by atomic mass is 16.5. The first-order valence-electron chi connectivity index (χ1n) is 4.39. The molecule has 0 saturated carbocycles. The number of urea groups is 1. The van der Waals surface area contributed by atoms with Gasteiger partial charge >= 0.3 is 12.0 Å². The van der Waals surface area contributed by atoms with Gasteiger partial charge in [-0.1, -0.05) is 6.08 Å². The van der Waals surface area contributed by atoms with Crippen molar-refractivity contribution in [2.75, 3.05) is 20.2 Å².